The summed E-state index contributed by atoms with van der Waals surface area (Å²) in [6, 6.07) is 12.5. The van der Waals surface area contributed by atoms with E-state index < -0.39 is 9.84 Å². The van der Waals surface area contributed by atoms with E-state index in [4.69, 9.17) is 0 Å². The van der Waals surface area contributed by atoms with E-state index in [1.807, 2.05) is 0 Å². The summed E-state index contributed by atoms with van der Waals surface area (Å²) in [5.74, 6) is -0.434. The maximum Gasteiger partial charge on any atom is 0.254 e. The van der Waals surface area contributed by atoms with E-state index in [9.17, 15) is 17.6 Å². The third kappa shape index (κ3) is 4.07. The van der Waals surface area contributed by atoms with Crippen molar-refractivity contribution in [2.24, 2.45) is 0 Å². The molecule has 2 aromatic carbocycles. The molecule has 1 saturated heterocycles. The third-order valence-corrected chi connectivity index (χ3v) is 5.64. The van der Waals surface area contributed by atoms with Crippen LogP contribution in [0.1, 0.15) is 28.8 Å². The molecule has 0 spiro atoms. The molecule has 1 heterocycles. The van der Waals surface area contributed by atoms with E-state index in [1.54, 1.807) is 29.2 Å². The van der Waals surface area contributed by atoms with Gasteiger partial charge in [0.1, 0.15) is 5.82 Å². The lowest BCUT2D eigenvalue weighted by Gasteiger charge is -2.25. The van der Waals surface area contributed by atoms with Gasteiger partial charge < -0.3 is 4.90 Å². The Balaban J connectivity index is 1.80. The number of carbonyl (C=O) groups excluding carboxylic acids is 1. The molecule has 4 nitrogen and oxygen atoms in total. The van der Waals surface area contributed by atoms with Crippen LogP contribution < -0.4 is 0 Å². The van der Waals surface area contributed by atoms with Gasteiger partial charge in [-0.05, 0) is 55.2 Å². The number of sulfone groups is 1. The highest BCUT2D eigenvalue weighted by Crippen LogP contribution is 2.24. The normalized spacial score (nSPS) is 17.7. The number of amides is 1. The van der Waals surface area contributed by atoms with Crippen molar-refractivity contribution in [1.82, 2.24) is 4.90 Å². The molecule has 1 fully saturated rings. The van der Waals surface area contributed by atoms with Gasteiger partial charge in [-0.1, -0.05) is 18.2 Å². The van der Waals surface area contributed by atoms with Crippen molar-refractivity contribution in [2.45, 2.75) is 30.2 Å². The van der Waals surface area contributed by atoms with Gasteiger partial charge in [0.2, 0.25) is 0 Å². The lowest BCUT2D eigenvalue weighted by molar-refractivity contribution is 0.0736. The van der Waals surface area contributed by atoms with E-state index in [1.165, 1.54) is 24.3 Å². The minimum absolute atomic E-state index is 0.0415. The zero-order chi connectivity index (χ0) is 18.0. The van der Waals surface area contributed by atoms with Gasteiger partial charge in [0.05, 0.1) is 4.90 Å². The molecule has 25 heavy (non-hydrogen) atoms. The maximum atomic E-state index is 13.0. The lowest BCUT2D eigenvalue weighted by Crippen LogP contribution is -2.36. The van der Waals surface area contributed by atoms with Crippen molar-refractivity contribution >= 4 is 15.7 Å². The first-order valence-electron chi connectivity index (χ1n) is 8.20. The topological polar surface area (TPSA) is 54.5 Å². The maximum absolute atomic E-state index is 13.0. The molecule has 1 aliphatic heterocycles. The predicted octanol–water partition coefficient (Wildman–Crippen LogP) is 3.08. The first-order valence-corrected chi connectivity index (χ1v) is 10.1. The Morgan fingerprint density at radius 3 is 2.60 bits per heavy atom. The van der Waals surface area contributed by atoms with Crippen LogP contribution in [0.5, 0.6) is 0 Å². The molecule has 0 N–H and O–H groups in total. The second kappa shape index (κ2) is 6.96. The van der Waals surface area contributed by atoms with Crippen LogP contribution in [0, 0.1) is 5.82 Å². The van der Waals surface area contributed by atoms with Crippen molar-refractivity contribution in [2.75, 3.05) is 12.8 Å². The van der Waals surface area contributed by atoms with Crippen molar-refractivity contribution in [1.29, 1.82) is 0 Å². The number of hydrogen-bond donors (Lipinski definition) is 0. The first kappa shape index (κ1) is 17.6. The Morgan fingerprint density at radius 2 is 1.92 bits per heavy atom. The van der Waals surface area contributed by atoms with Crippen molar-refractivity contribution in [3.8, 4) is 0 Å². The largest absolute Gasteiger partial charge is 0.335 e. The SMILES string of the molecule is CS(=O)(=O)c1cccc(C(=O)N2CCCC2Cc2ccc(F)cc2)c1. The fourth-order valence-electron chi connectivity index (χ4n) is 3.23. The Morgan fingerprint density at radius 1 is 1.20 bits per heavy atom. The van der Waals surface area contributed by atoms with E-state index >= 15 is 0 Å². The molecule has 3 rings (SSSR count). The smallest absolute Gasteiger partial charge is 0.254 e. The van der Waals surface area contributed by atoms with Crippen molar-refractivity contribution in [3.05, 3.63) is 65.5 Å². The lowest BCUT2D eigenvalue weighted by atomic mass is 10.0. The molecular formula is C19H20FNO3S. The molecule has 1 unspecified atom stereocenters. The average Bonchev–Trinajstić information content (AvgIpc) is 3.04. The molecule has 0 aliphatic carbocycles. The number of hydrogen-bond acceptors (Lipinski definition) is 3. The number of rotatable bonds is 4. The molecule has 0 bridgehead atoms. The van der Waals surface area contributed by atoms with Gasteiger partial charge >= 0.3 is 0 Å². The molecule has 0 aromatic heterocycles. The van der Waals surface area contributed by atoms with Crippen LogP contribution in [-0.2, 0) is 16.3 Å². The van der Waals surface area contributed by atoms with Crippen molar-refractivity contribution in [3.63, 3.8) is 0 Å². The summed E-state index contributed by atoms with van der Waals surface area (Å²) < 4.78 is 36.5. The number of halogens is 1. The Kier molecular flexibility index (Phi) is 4.90. The van der Waals surface area contributed by atoms with Crippen LogP contribution in [0.3, 0.4) is 0 Å². The molecule has 2 aromatic rings. The summed E-state index contributed by atoms with van der Waals surface area (Å²) in [7, 11) is -3.35. The van der Waals surface area contributed by atoms with E-state index in [-0.39, 0.29) is 22.7 Å². The van der Waals surface area contributed by atoms with E-state index in [0.29, 0.717) is 18.5 Å². The highest BCUT2D eigenvalue weighted by molar-refractivity contribution is 7.90. The average molecular weight is 361 g/mol. The summed E-state index contributed by atoms with van der Waals surface area (Å²) >= 11 is 0. The number of nitrogens with zero attached hydrogens (tertiary/aromatic N) is 1. The van der Waals surface area contributed by atoms with E-state index in [2.05, 4.69) is 0 Å². The fourth-order valence-corrected chi connectivity index (χ4v) is 3.90. The van der Waals surface area contributed by atoms with Crippen LogP contribution in [0.25, 0.3) is 0 Å². The summed E-state index contributed by atoms with van der Waals surface area (Å²) in [6.07, 6.45) is 3.58. The molecular weight excluding hydrogens is 341 g/mol. The minimum atomic E-state index is -3.35. The summed E-state index contributed by atoms with van der Waals surface area (Å²) in [4.78, 5) is 14.8. The zero-order valence-electron chi connectivity index (χ0n) is 14.0. The predicted molar refractivity (Wildman–Crippen MR) is 93.7 cm³/mol. The standard InChI is InChI=1S/C19H20FNO3S/c1-25(23,24)18-6-2-4-15(13-18)19(22)21-11-3-5-17(21)12-14-7-9-16(20)10-8-14/h2,4,6-10,13,17H,3,5,11-12H2,1H3. The fraction of sp³-hybridized carbons (Fsp3) is 0.316. The van der Waals surface area contributed by atoms with Gasteiger partial charge in [0.15, 0.2) is 9.84 Å². The summed E-state index contributed by atoms with van der Waals surface area (Å²) in [5, 5.41) is 0. The number of likely N-dealkylation sites (tertiary alicyclic amines) is 1. The number of carbonyl (C=O) groups is 1. The zero-order valence-corrected chi connectivity index (χ0v) is 14.8. The van der Waals surface area contributed by atoms with Gasteiger partial charge in [-0.15, -0.1) is 0 Å². The highest BCUT2D eigenvalue weighted by atomic mass is 32.2. The second-order valence-corrected chi connectivity index (χ2v) is 8.44. The van der Waals surface area contributed by atoms with Crippen molar-refractivity contribution < 1.29 is 17.6 Å². The Labute approximate surface area is 147 Å². The number of benzene rings is 2. The molecule has 0 saturated carbocycles. The van der Waals surface area contributed by atoms with Crippen LogP contribution >= 0.6 is 0 Å². The minimum Gasteiger partial charge on any atom is -0.335 e. The van der Waals surface area contributed by atoms with Gasteiger partial charge in [-0.25, -0.2) is 12.8 Å². The molecule has 1 atom stereocenters. The summed E-state index contributed by atoms with van der Waals surface area (Å²) in [6.45, 7) is 0.647. The van der Waals surface area contributed by atoms with Gasteiger partial charge in [0, 0.05) is 24.4 Å². The third-order valence-electron chi connectivity index (χ3n) is 4.53. The van der Waals surface area contributed by atoms with Crippen LogP contribution in [0.15, 0.2) is 53.4 Å². The first-order chi connectivity index (χ1) is 11.8. The monoisotopic (exact) mass is 361 g/mol. The second-order valence-electron chi connectivity index (χ2n) is 6.43. The quantitative estimate of drug-likeness (QED) is 0.841. The molecule has 1 aliphatic rings. The van der Waals surface area contributed by atoms with Crippen LogP contribution in [0.4, 0.5) is 4.39 Å². The summed E-state index contributed by atoms with van der Waals surface area (Å²) in [5.41, 5.74) is 1.37. The highest BCUT2D eigenvalue weighted by Gasteiger charge is 2.29. The molecule has 6 heteroatoms. The van der Waals surface area contributed by atoms with E-state index in [0.717, 1.165) is 24.7 Å². The van der Waals surface area contributed by atoms with Gasteiger partial charge in [0.25, 0.3) is 5.91 Å². The van der Waals surface area contributed by atoms with Crippen LogP contribution in [0.2, 0.25) is 0 Å². The molecule has 0 radical (unpaired) electrons. The van der Waals surface area contributed by atoms with Crippen LogP contribution in [-0.4, -0.2) is 38.1 Å². The molecule has 132 valence electrons. The van der Waals surface area contributed by atoms with Gasteiger partial charge in [-0.3, -0.25) is 4.79 Å². The van der Waals surface area contributed by atoms with Gasteiger partial charge in [-0.2, -0.15) is 0 Å². The Bertz CT molecular complexity index is 878. The molecule has 1 amide bonds. The Hall–Kier alpha value is -2.21.